The highest BCUT2D eigenvalue weighted by atomic mass is 16.5. The third-order valence-electron chi connectivity index (χ3n) is 4.51. The Bertz CT molecular complexity index is 1040. The molecule has 0 radical (unpaired) electrons. The van der Waals surface area contributed by atoms with Crippen molar-refractivity contribution in [2.24, 2.45) is 5.73 Å². The maximum Gasteiger partial charge on any atom is 0.244 e. The average Bonchev–Trinajstić information content (AvgIpc) is 3.05. The maximum absolute atomic E-state index is 9.66. The number of phenolic OH excluding ortho intramolecular Hbond substituents is 1. The minimum Gasteiger partial charge on any atom is -0.508 e. The number of nitriles is 1. The van der Waals surface area contributed by atoms with Crippen molar-refractivity contribution in [2.45, 2.75) is 12.8 Å². The van der Waals surface area contributed by atoms with Crippen molar-refractivity contribution < 1.29 is 9.84 Å². The highest BCUT2D eigenvalue weighted by Gasteiger charge is 2.35. The van der Waals surface area contributed by atoms with E-state index in [2.05, 4.69) is 16.3 Å². The Kier molecular flexibility index (Phi) is 3.63. The molecular formula is C20H16N4O2. The normalized spacial score (nSPS) is 15.9. The average molecular weight is 344 g/mol. The van der Waals surface area contributed by atoms with Crippen LogP contribution in [-0.2, 0) is 0 Å². The predicted octanol–water partition coefficient (Wildman–Crippen LogP) is 3.31. The second kappa shape index (κ2) is 5.97. The predicted molar refractivity (Wildman–Crippen MR) is 96.2 cm³/mol. The number of aromatic nitrogens is 2. The zero-order chi connectivity index (χ0) is 18.3. The molecule has 2 aromatic carbocycles. The number of phenols is 1. The van der Waals surface area contributed by atoms with E-state index in [-0.39, 0.29) is 11.6 Å². The molecular weight excluding hydrogens is 328 g/mol. The zero-order valence-electron chi connectivity index (χ0n) is 14.0. The van der Waals surface area contributed by atoms with E-state index in [0.717, 1.165) is 27.9 Å². The number of aromatic amines is 1. The van der Waals surface area contributed by atoms with Crippen LogP contribution in [0.2, 0.25) is 0 Å². The number of H-pyrrole nitrogens is 1. The second-order valence-electron chi connectivity index (χ2n) is 6.20. The van der Waals surface area contributed by atoms with E-state index < -0.39 is 5.92 Å². The highest BCUT2D eigenvalue weighted by Crippen LogP contribution is 2.45. The van der Waals surface area contributed by atoms with E-state index in [1.165, 1.54) is 0 Å². The molecule has 0 unspecified atom stereocenters. The molecule has 1 atom stereocenters. The van der Waals surface area contributed by atoms with Crippen LogP contribution in [0, 0.1) is 18.3 Å². The molecule has 0 saturated heterocycles. The van der Waals surface area contributed by atoms with Crippen molar-refractivity contribution in [3.05, 3.63) is 76.7 Å². The molecule has 0 saturated carbocycles. The molecule has 1 aliphatic heterocycles. The van der Waals surface area contributed by atoms with Crippen molar-refractivity contribution in [1.29, 1.82) is 5.26 Å². The number of aryl methyl sites for hydroxylation is 1. The molecule has 6 heteroatoms. The molecule has 2 heterocycles. The Morgan fingerprint density at radius 1 is 1.15 bits per heavy atom. The molecule has 4 rings (SSSR count). The molecule has 0 aliphatic carbocycles. The first-order valence-corrected chi connectivity index (χ1v) is 8.10. The molecule has 1 aliphatic rings. The van der Waals surface area contributed by atoms with Gasteiger partial charge >= 0.3 is 0 Å². The largest absolute Gasteiger partial charge is 0.508 e. The lowest BCUT2D eigenvalue weighted by Crippen LogP contribution is -2.20. The van der Waals surface area contributed by atoms with Crippen LogP contribution < -0.4 is 10.5 Å². The van der Waals surface area contributed by atoms with Gasteiger partial charge in [0, 0.05) is 5.56 Å². The molecule has 0 fully saturated rings. The van der Waals surface area contributed by atoms with Gasteiger partial charge in [0.2, 0.25) is 11.8 Å². The molecule has 6 nitrogen and oxygen atoms in total. The molecule has 128 valence electrons. The van der Waals surface area contributed by atoms with E-state index >= 15 is 0 Å². The summed E-state index contributed by atoms with van der Waals surface area (Å²) in [7, 11) is 0. The number of rotatable bonds is 2. The van der Waals surface area contributed by atoms with Gasteiger partial charge in [-0.25, -0.2) is 0 Å². The number of hydrogen-bond donors (Lipinski definition) is 3. The summed E-state index contributed by atoms with van der Waals surface area (Å²) in [6.45, 7) is 2.02. The van der Waals surface area contributed by atoms with Crippen LogP contribution >= 0.6 is 0 Å². The number of hydrogen-bond acceptors (Lipinski definition) is 5. The quantitative estimate of drug-likeness (QED) is 0.661. The van der Waals surface area contributed by atoms with Crippen LogP contribution in [0.1, 0.15) is 22.6 Å². The number of ether oxygens (including phenoxy) is 1. The van der Waals surface area contributed by atoms with Gasteiger partial charge in [-0.05, 0) is 24.6 Å². The summed E-state index contributed by atoms with van der Waals surface area (Å²) in [6, 6.07) is 16.9. The number of nitrogens with one attached hydrogen (secondary N) is 1. The Morgan fingerprint density at radius 2 is 1.85 bits per heavy atom. The van der Waals surface area contributed by atoms with Gasteiger partial charge in [-0.15, -0.1) is 5.10 Å². The molecule has 0 spiro atoms. The van der Waals surface area contributed by atoms with Crippen molar-refractivity contribution in [1.82, 2.24) is 10.2 Å². The first kappa shape index (κ1) is 15.8. The first-order chi connectivity index (χ1) is 12.6. The van der Waals surface area contributed by atoms with E-state index in [0.29, 0.717) is 11.5 Å². The molecule has 1 aromatic heterocycles. The van der Waals surface area contributed by atoms with Crippen molar-refractivity contribution in [3.8, 4) is 29.0 Å². The van der Waals surface area contributed by atoms with Gasteiger partial charge in [0.15, 0.2) is 0 Å². The number of fused-ring (bicyclic) bond motifs is 1. The lowest BCUT2D eigenvalue weighted by Gasteiger charge is -2.24. The van der Waals surface area contributed by atoms with Gasteiger partial charge in [-0.1, -0.05) is 42.0 Å². The van der Waals surface area contributed by atoms with Gasteiger partial charge in [-0.3, -0.25) is 5.10 Å². The molecule has 4 N–H and O–H groups in total. The minimum absolute atomic E-state index is 0.0417. The SMILES string of the molecule is Cc1ccc(-c2[nH]nc3c2[C@H](c2ccc(O)cc2)C(C#N)=C(N)O3)cc1. The van der Waals surface area contributed by atoms with Crippen LogP contribution in [0.15, 0.2) is 60.0 Å². The smallest absolute Gasteiger partial charge is 0.244 e. The summed E-state index contributed by atoms with van der Waals surface area (Å²) in [6.07, 6.45) is 0. The topological polar surface area (TPSA) is 108 Å². The third-order valence-corrected chi connectivity index (χ3v) is 4.51. The van der Waals surface area contributed by atoms with Crippen LogP contribution in [0.3, 0.4) is 0 Å². The van der Waals surface area contributed by atoms with Crippen LogP contribution in [0.4, 0.5) is 0 Å². The van der Waals surface area contributed by atoms with Crippen molar-refractivity contribution >= 4 is 0 Å². The fourth-order valence-corrected chi connectivity index (χ4v) is 3.19. The highest BCUT2D eigenvalue weighted by molar-refractivity contribution is 5.71. The van der Waals surface area contributed by atoms with Crippen LogP contribution in [0.25, 0.3) is 11.3 Å². The van der Waals surface area contributed by atoms with Crippen molar-refractivity contribution in [3.63, 3.8) is 0 Å². The van der Waals surface area contributed by atoms with Crippen LogP contribution in [0.5, 0.6) is 11.6 Å². The standard InChI is InChI=1S/C20H16N4O2/c1-11-2-4-13(5-3-11)18-17-16(12-6-8-14(25)9-7-12)15(10-21)19(22)26-20(17)24-23-18/h2-9,16,25H,22H2,1H3,(H,23,24)/t16-/m1/s1. The fraction of sp³-hybridized carbons (Fsp3) is 0.100. The number of nitrogens with two attached hydrogens (primary N) is 1. The summed E-state index contributed by atoms with van der Waals surface area (Å²) in [4.78, 5) is 0. The monoisotopic (exact) mass is 344 g/mol. The number of aromatic hydroxyl groups is 1. The van der Waals surface area contributed by atoms with E-state index in [1.54, 1.807) is 24.3 Å². The third kappa shape index (κ3) is 2.47. The maximum atomic E-state index is 9.66. The minimum atomic E-state index is -0.431. The summed E-state index contributed by atoms with van der Waals surface area (Å²) >= 11 is 0. The Balaban J connectivity index is 1.93. The Morgan fingerprint density at radius 3 is 2.50 bits per heavy atom. The van der Waals surface area contributed by atoms with Gasteiger partial charge in [-0.2, -0.15) is 5.26 Å². The van der Waals surface area contributed by atoms with Crippen LogP contribution in [-0.4, -0.2) is 15.3 Å². The molecule has 0 bridgehead atoms. The fourth-order valence-electron chi connectivity index (χ4n) is 3.19. The van der Waals surface area contributed by atoms with Gasteiger partial charge in [0.05, 0.1) is 17.2 Å². The molecule has 26 heavy (non-hydrogen) atoms. The van der Waals surface area contributed by atoms with Gasteiger partial charge < -0.3 is 15.6 Å². The molecule has 3 aromatic rings. The summed E-state index contributed by atoms with van der Waals surface area (Å²) in [5.74, 6) is 0.122. The summed E-state index contributed by atoms with van der Waals surface area (Å²) < 4.78 is 5.58. The van der Waals surface area contributed by atoms with E-state index in [4.69, 9.17) is 10.5 Å². The zero-order valence-corrected chi connectivity index (χ0v) is 14.0. The summed E-state index contributed by atoms with van der Waals surface area (Å²) in [5, 5.41) is 26.5. The lowest BCUT2D eigenvalue weighted by molar-refractivity contribution is 0.379. The Hall–Kier alpha value is -3.72. The molecule has 0 amide bonds. The van der Waals surface area contributed by atoms with Gasteiger partial charge in [0.25, 0.3) is 0 Å². The van der Waals surface area contributed by atoms with Gasteiger partial charge in [0.1, 0.15) is 17.4 Å². The van der Waals surface area contributed by atoms with Crippen molar-refractivity contribution in [2.75, 3.05) is 0 Å². The van der Waals surface area contributed by atoms with E-state index in [1.807, 2.05) is 31.2 Å². The summed E-state index contributed by atoms with van der Waals surface area (Å²) in [5.41, 5.74) is 10.7. The Labute approximate surface area is 150 Å². The lowest BCUT2D eigenvalue weighted by atomic mass is 9.83. The second-order valence-corrected chi connectivity index (χ2v) is 6.20. The number of allylic oxidation sites excluding steroid dienone is 1. The first-order valence-electron chi connectivity index (χ1n) is 8.10. The number of nitrogens with zero attached hydrogens (tertiary/aromatic N) is 2. The number of benzene rings is 2. The van der Waals surface area contributed by atoms with E-state index in [9.17, 15) is 10.4 Å².